The maximum absolute atomic E-state index is 13.6. The first-order chi connectivity index (χ1) is 11.0. The van der Waals surface area contributed by atoms with Crippen LogP contribution in [0.1, 0.15) is 5.56 Å². The van der Waals surface area contributed by atoms with Gasteiger partial charge in [0.15, 0.2) is 17.7 Å². The number of nitrogens with zero attached hydrogens (tertiary/aromatic N) is 1. The van der Waals surface area contributed by atoms with Crippen LogP contribution in [0.4, 0.5) is 18.9 Å². The van der Waals surface area contributed by atoms with Crippen LogP contribution in [-0.2, 0) is 9.53 Å². The van der Waals surface area contributed by atoms with Gasteiger partial charge in [-0.15, -0.1) is 0 Å². The van der Waals surface area contributed by atoms with Crippen molar-refractivity contribution in [3.63, 3.8) is 0 Å². The average Bonchev–Trinajstić information content (AvgIpc) is 2.96. The molecule has 1 aliphatic rings. The van der Waals surface area contributed by atoms with E-state index in [1.165, 1.54) is 24.3 Å². The smallest absolute Gasteiger partial charge is 0.435 e. The third kappa shape index (κ3) is 2.79. The standard InChI is InChI=1S/C17H12F3NO2/c18-17(19,20)16-15(12-7-3-1-4-8-12)23-14(11-22)21(16)13-9-5-2-6-10-13/h1-11,14H. The van der Waals surface area contributed by atoms with Crippen molar-refractivity contribution in [2.24, 2.45) is 0 Å². The summed E-state index contributed by atoms with van der Waals surface area (Å²) in [6.07, 6.45) is -5.67. The number of benzene rings is 2. The maximum atomic E-state index is 13.6. The van der Waals surface area contributed by atoms with Gasteiger partial charge in [-0.05, 0) is 12.1 Å². The number of hydrogen-bond donors (Lipinski definition) is 0. The molecule has 6 heteroatoms. The fourth-order valence-corrected chi connectivity index (χ4v) is 2.48. The Morgan fingerprint density at radius 3 is 2.04 bits per heavy atom. The van der Waals surface area contributed by atoms with E-state index in [1.54, 1.807) is 36.4 Å². The van der Waals surface area contributed by atoms with E-state index in [1.807, 2.05) is 0 Å². The van der Waals surface area contributed by atoms with E-state index in [0.717, 1.165) is 4.90 Å². The molecule has 0 fully saturated rings. The summed E-state index contributed by atoms with van der Waals surface area (Å²) in [6.45, 7) is 0. The fraction of sp³-hybridized carbons (Fsp3) is 0.118. The molecule has 1 aliphatic heterocycles. The molecule has 3 nitrogen and oxygen atoms in total. The molecule has 1 unspecified atom stereocenters. The van der Waals surface area contributed by atoms with Crippen LogP contribution < -0.4 is 4.90 Å². The summed E-state index contributed by atoms with van der Waals surface area (Å²) in [4.78, 5) is 12.1. The van der Waals surface area contributed by atoms with Crippen molar-refractivity contribution in [2.75, 3.05) is 4.90 Å². The van der Waals surface area contributed by atoms with Crippen LogP contribution in [0.2, 0.25) is 0 Å². The second-order valence-electron chi connectivity index (χ2n) is 4.89. The predicted octanol–water partition coefficient (Wildman–Crippen LogP) is 3.98. The predicted molar refractivity (Wildman–Crippen MR) is 79.3 cm³/mol. The lowest BCUT2D eigenvalue weighted by Crippen LogP contribution is -2.37. The lowest BCUT2D eigenvalue weighted by Gasteiger charge is -2.25. The number of ether oxygens (including phenoxy) is 1. The number of para-hydroxylation sites is 1. The molecule has 0 radical (unpaired) electrons. The van der Waals surface area contributed by atoms with Gasteiger partial charge in [-0.3, -0.25) is 9.69 Å². The third-order valence-corrected chi connectivity index (χ3v) is 3.40. The molecule has 0 saturated heterocycles. The Morgan fingerprint density at radius 2 is 1.52 bits per heavy atom. The zero-order chi connectivity index (χ0) is 16.4. The van der Waals surface area contributed by atoms with Crippen molar-refractivity contribution in [1.29, 1.82) is 0 Å². The molecule has 0 N–H and O–H groups in total. The van der Waals surface area contributed by atoms with E-state index in [4.69, 9.17) is 4.74 Å². The molecule has 23 heavy (non-hydrogen) atoms. The lowest BCUT2D eigenvalue weighted by molar-refractivity contribution is -0.114. The Bertz CT molecular complexity index is 727. The minimum absolute atomic E-state index is 0.239. The molecular weight excluding hydrogens is 307 g/mol. The van der Waals surface area contributed by atoms with E-state index < -0.39 is 18.1 Å². The van der Waals surface area contributed by atoms with E-state index in [-0.39, 0.29) is 17.0 Å². The van der Waals surface area contributed by atoms with E-state index in [0.29, 0.717) is 6.29 Å². The number of hydrogen-bond acceptors (Lipinski definition) is 3. The molecule has 0 aromatic heterocycles. The highest BCUT2D eigenvalue weighted by molar-refractivity contribution is 5.80. The molecule has 2 aromatic carbocycles. The van der Waals surface area contributed by atoms with Crippen LogP contribution in [0.15, 0.2) is 66.4 Å². The quantitative estimate of drug-likeness (QED) is 0.802. The first kappa shape index (κ1) is 15.1. The van der Waals surface area contributed by atoms with E-state index in [9.17, 15) is 18.0 Å². The molecule has 0 bridgehead atoms. The number of carbonyl (C=O) groups excluding carboxylic acids is 1. The summed E-state index contributed by atoms with van der Waals surface area (Å²) in [6, 6.07) is 15.8. The normalized spacial score (nSPS) is 18.0. The van der Waals surface area contributed by atoms with Gasteiger partial charge in [0, 0.05) is 11.3 Å². The minimum atomic E-state index is -4.67. The van der Waals surface area contributed by atoms with Crippen molar-refractivity contribution in [2.45, 2.75) is 12.4 Å². The van der Waals surface area contributed by atoms with Crippen LogP contribution in [0, 0.1) is 0 Å². The summed E-state index contributed by atoms with van der Waals surface area (Å²) in [5.41, 5.74) is -0.472. The number of alkyl halides is 3. The van der Waals surface area contributed by atoms with Crippen LogP contribution in [0.25, 0.3) is 5.76 Å². The van der Waals surface area contributed by atoms with Crippen molar-refractivity contribution in [3.05, 3.63) is 71.9 Å². The average molecular weight is 319 g/mol. The SMILES string of the molecule is O=CC1OC(c2ccccc2)=C(C(F)(F)F)N1c1ccccc1. The zero-order valence-electron chi connectivity index (χ0n) is 11.8. The molecule has 0 aliphatic carbocycles. The van der Waals surface area contributed by atoms with Crippen LogP contribution in [0.5, 0.6) is 0 Å². The molecule has 0 spiro atoms. The number of aldehydes is 1. The molecule has 3 rings (SSSR count). The van der Waals surface area contributed by atoms with Gasteiger partial charge < -0.3 is 4.74 Å². The molecule has 118 valence electrons. The summed E-state index contributed by atoms with van der Waals surface area (Å²) < 4.78 is 46.3. The Labute approximate surface area is 130 Å². The van der Waals surface area contributed by atoms with Crippen molar-refractivity contribution < 1.29 is 22.7 Å². The van der Waals surface area contributed by atoms with Gasteiger partial charge in [0.2, 0.25) is 6.23 Å². The van der Waals surface area contributed by atoms with Crippen molar-refractivity contribution in [3.8, 4) is 0 Å². The Balaban J connectivity index is 2.19. The summed E-state index contributed by atoms with van der Waals surface area (Å²) in [7, 11) is 0. The molecule has 2 aromatic rings. The molecule has 1 atom stereocenters. The van der Waals surface area contributed by atoms with Crippen molar-refractivity contribution >= 4 is 17.7 Å². The van der Waals surface area contributed by atoms with Gasteiger partial charge in [-0.1, -0.05) is 48.5 Å². The summed E-state index contributed by atoms with van der Waals surface area (Å²) in [5, 5.41) is 0. The van der Waals surface area contributed by atoms with Gasteiger partial charge >= 0.3 is 6.18 Å². The molecular formula is C17H12F3NO2. The monoisotopic (exact) mass is 319 g/mol. The summed E-state index contributed by atoms with van der Waals surface area (Å²) in [5.74, 6) is -0.348. The van der Waals surface area contributed by atoms with Crippen molar-refractivity contribution in [1.82, 2.24) is 0 Å². The van der Waals surface area contributed by atoms with E-state index >= 15 is 0 Å². The van der Waals surface area contributed by atoms with Crippen LogP contribution >= 0.6 is 0 Å². The Morgan fingerprint density at radius 1 is 0.957 bits per heavy atom. The minimum Gasteiger partial charge on any atom is -0.460 e. The third-order valence-electron chi connectivity index (χ3n) is 3.40. The first-order valence-corrected chi connectivity index (χ1v) is 6.85. The van der Waals surface area contributed by atoms with Crippen LogP contribution in [-0.4, -0.2) is 18.7 Å². The van der Waals surface area contributed by atoms with Crippen LogP contribution in [0.3, 0.4) is 0 Å². The van der Waals surface area contributed by atoms with Gasteiger partial charge in [-0.2, -0.15) is 13.2 Å². The molecule has 0 amide bonds. The number of halogens is 3. The van der Waals surface area contributed by atoms with E-state index in [2.05, 4.69) is 0 Å². The number of allylic oxidation sites excluding steroid dienone is 1. The van der Waals surface area contributed by atoms with Gasteiger partial charge in [-0.25, -0.2) is 0 Å². The maximum Gasteiger partial charge on any atom is 0.435 e. The highest BCUT2D eigenvalue weighted by Gasteiger charge is 2.49. The highest BCUT2D eigenvalue weighted by Crippen LogP contribution is 2.43. The molecule has 0 saturated carbocycles. The zero-order valence-corrected chi connectivity index (χ0v) is 11.8. The second-order valence-corrected chi connectivity index (χ2v) is 4.89. The Hall–Kier alpha value is -2.76. The highest BCUT2D eigenvalue weighted by atomic mass is 19.4. The van der Waals surface area contributed by atoms with Gasteiger partial charge in [0.1, 0.15) is 0 Å². The summed E-state index contributed by atoms with van der Waals surface area (Å²) >= 11 is 0. The lowest BCUT2D eigenvalue weighted by atomic mass is 10.1. The van der Waals surface area contributed by atoms with Gasteiger partial charge in [0.25, 0.3) is 0 Å². The second kappa shape index (κ2) is 5.79. The first-order valence-electron chi connectivity index (χ1n) is 6.85. The fourth-order valence-electron chi connectivity index (χ4n) is 2.48. The van der Waals surface area contributed by atoms with Gasteiger partial charge in [0.05, 0.1) is 0 Å². The topological polar surface area (TPSA) is 29.5 Å². The largest absolute Gasteiger partial charge is 0.460 e. The Kier molecular flexibility index (Phi) is 3.82. The number of carbonyl (C=O) groups is 1. The molecule has 1 heterocycles. The number of rotatable bonds is 3. The number of anilines is 1.